The summed E-state index contributed by atoms with van der Waals surface area (Å²) in [4.78, 5) is 11.0. The first-order valence-corrected chi connectivity index (χ1v) is 6.61. The molecule has 0 heterocycles. The number of rotatable bonds is 9. The molecular formula is C15H22O5. The minimum atomic E-state index is -0.370. The lowest BCUT2D eigenvalue weighted by molar-refractivity contribution is -0.153. The van der Waals surface area contributed by atoms with Gasteiger partial charge in [-0.15, -0.1) is 0 Å². The van der Waals surface area contributed by atoms with Crippen molar-refractivity contribution in [3.8, 4) is 5.75 Å². The highest BCUT2D eigenvalue weighted by Gasteiger charge is 2.12. The first-order chi connectivity index (χ1) is 9.65. The van der Waals surface area contributed by atoms with Gasteiger partial charge in [-0.05, 0) is 24.6 Å². The summed E-state index contributed by atoms with van der Waals surface area (Å²) in [7, 11) is 1.63. The van der Waals surface area contributed by atoms with E-state index in [1.54, 1.807) is 7.11 Å². The molecule has 1 rings (SSSR count). The van der Waals surface area contributed by atoms with Gasteiger partial charge in [0, 0.05) is 13.5 Å². The Labute approximate surface area is 119 Å². The Morgan fingerprint density at radius 2 is 1.80 bits per heavy atom. The van der Waals surface area contributed by atoms with Gasteiger partial charge in [0.2, 0.25) is 0 Å². The minimum absolute atomic E-state index is 0.311. The van der Waals surface area contributed by atoms with Crippen LogP contribution in [-0.2, 0) is 25.6 Å². The highest BCUT2D eigenvalue weighted by atomic mass is 16.6. The van der Waals surface area contributed by atoms with Crippen LogP contribution in [0.5, 0.6) is 5.75 Å². The molecule has 0 bridgehead atoms. The number of methoxy groups -OCH3 is 1. The number of hydrogen-bond donors (Lipinski definition) is 0. The van der Waals surface area contributed by atoms with Gasteiger partial charge in [0.15, 0.2) is 0 Å². The Bertz CT molecular complexity index is 388. The van der Waals surface area contributed by atoms with Crippen molar-refractivity contribution < 1.29 is 23.7 Å². The summed E-state index contributed by atoms with van der Waals surface area (Å²) < 4.78 is 21.0. The van der Waals surface area contributed by atoms with Crippen molar-refractivity contribution in [3.63, 3.8) is 0 Å². The first-order valence-electron chi connectivity index (χ1n) is 6.61. The lowest BCUT2D eigenvalue weighted by Crippen LogP contribution is -2.27. The van der Waals surface area contributed by atoms with E-state index in [1.165, 1.54) is 6.92 Å². The molecule has 1 atom stereocenters. The summed E-state index contributed by atoms with van der Waals surface area (Å²) in [5.41, 5.74) is 1.03. The van der Waals surface area contributed by atoms with Crippen LogP contribution in [0.4, 0.5) is 0 Å². The van der Waals surface area contributed by atoms with Crippen LogP contribution in [0, 0.1) is 0 Å². The minimum Gasteiger partial charge on any atom is -0.497 e. The molecule has 1 unspecified atom stereocenters. The Kier molecular flexibility index (Phi) is 7.69. The van der Waals surface area contributed by atoms with E-state index in [9.17, 15) is 4.79 Å². The molecule has 0 saturated carbocycles. The molecule has 0 fully saturated rings. The van der Waals surface area contributed by atoms with Gasteiger partial charge in [0.1, 0.15) is 11.9 Å². The van der Waals surface area contributed by atoms with Crippen LogP contribution in [0.2, 0.25) is 0 Å². The molecule has 20 heavy (non-hydrogen) atoms. The zero-order valence-corrected chi connectivity index (χ0v) is 12.3. The second-order valence-electron chi connectivity index (χ2n) is 4.25. The Hall–Kier alpha value is -1.59. The molecule has 0 saturated heterocycles. The SMILES string of the molecule is CCOCC(COCc1ccc(OC)cc1)OC(C)=O. The van der Waals surface area contributed by atoms with Crippen molar-refractivity contribution in [2.24, 2.45) is 0 Å². The van der Waals surface area contributed by atoms with Crippen molar-refractivity contribution in [3.05, 3.63) is 29.8 Å². The number of hydrogen-bond acceptors (Lipinski definition) is 5. The second kappa shape index (κ2) is 9.34. The first kappa shape index (κ1) is 16.5. The third kappa shape index (κ3) is 6.54. The third-order valence-corrected chi connectivity index (χ3v) is 2.57. The van der Waals surface area contributed by atoms with Crippen LogP contribution in [0.3, 0.4) is 0 Å². The van der Waals surface area contributed by atoms with Crippen molar-refractivity contribution in [1.29, 1.82) is 0 Å². The number of benzene rings is 1. The van der Waals surface area contributed by atoms with E-state index < -0.39 is 0 Å². The van der Waals surface area contributed by atoms with Crippen molar-refractivity contribution in [1.82, 2.24) is 0 Å². The van der Waals surface area contributed by atoms with Gasteiger partial charge in [-0.1, -0.05) is 12.1 Å². The van der Waals surface area contributed by atoms with Crippen LogP contribution in [0.25, 0.3) is 0 Å². The van der Waals surface area contributed by atoms with Crippen molar-refractivity contribution in [2.75, 3.05) is 26.9 Å². The Balaban J connectivity index is 2.35. The average molecular weight is 282 g/mol. The second-order valence-corrected chi connectivity index (χ2v) is 4.25. The molecule has 1 aromatic rings. The molecule has 5 nitrogen and oxygen atoms in total. The molecule has 1 aromatic carbocycles. The molecule has 112 valence electrons. The quantitative estimate of drug-likeness (QED) is 0.650. The molecule has 0 amide bonds. The highest BCUT2D eigenvalue weighted by molar-refractivity contribution is 5.66. The summed E-state index contributed by atoms with van der Waals surface area (Å²) in [5.74, 6) is 0.477. The maximum absolute atomic E-state index is 11.0. The molecule has 5 heteroatoms. The van der Waals surface area contributed by atoms with E-state index in [-0.39, 0.29) is 12.1 Å². The fourth-order valence-electron chi connectivity index (χ4n) is 1.63. The normalized spacial score (nSPS) is 11.9. The van der Waals surface area contributed by atoms with E-state index in [4.69, 9.17) is 18.9 Å². The zero-order chi connectivity index (χ0) is 14.8. The van der Waals surface area contributed by atoms with Gasteiger partial charge in [0.05, 0.1) is 26.9 Å². The van der Waals surface area contributed by atoms with E-state index in [2.05, 4.69) is 0 Å². The summed E-state index contributed by atoms with van der Waals surface area (Å²) in [6, 6.07) is 7.62. The van der Waals surface area contributed by atoms with Crippen LogP contribution >= 0.6 is 0 Å². The monoisotopic (exact) mass is 282 g/mol. The predicted octanol–water partition coefficient (Wildman–Crippen LogP) is 2.18. The summed E-state index contributed by atoms with van der Waals surface area (Å²) in [5, 5.41) is 0. The van der Waals surface area contributed by atoms with Crippen LogP contribution in [0.15, 0.2) is 24.3 Å². The molecule has 0 aromatic heterocycles. The predicted molar refractivity (Wildman–Crippen MR) is 74.7 cm³/mol. The van der Waals surface area contributed by atoms with Crippen LogP contribution in [0.1, 0.15) is 19.4 Å². The molecule has 0 aliphatic carbocycles. The van der Waals surface area contributed by atoms with Gasteiger partial charge < -0.3 is 18.9 Å². The third-order valence-electron chi connectivity index (χ3n) is 2.57. The van der Waals surface area contributed by atoms with Gasteiger partial charge in [-0.3, -0.25) is 4.79 Å². The smallest absolute Gasteiger partial charge is 0.303 e. The fraction of sp³-hybridized carbons (Fsp3) is 0.533. The molecule has 0 radical (unpaired) electrons. The maximum Gasteiger partial charge on any atom is 0.303 e. The lowest BCUT2D eigenvalue weighted by atomic mass is 10.2. The molecule has 0 aliphatic rings. The topological polar surface area (TPSA) is 54.0 Å². The van der Waals surface area contributed by atoms with Crippen molar-refractivity contribution >= 4 is 5.97 Å². The van der Waals surface area contributed by atoms with E-state index in [1.807, 2.05) is 31.2 Å². The molecule has 0 spiro atoms. The fourth-order valence-corrected chi connectivity index (χ4v) is 1.63. The molecular weight excluding hydrogens is 260 g/mol. The number of carbonyl (C=O) groups excluding carboxylic acids is 1. The Morgan fingerprint density at radius 3 is 2.35 bits per heavy atom. The van der Waals surface area contributed by atoms with E-state index >= 15 is 0 Å². The lowest BCUT2D eigenvalue weighted by Gasteiger charge is -2.17. The van der Waals surface area contributed by atoms with Gasteiger partial charge >= 0.3 is 5.97 Å². The summed E-state index contributed by atoms with van der Waals surface area (Å²) >= 11 is 0. The van der Waals surface area contributed by atoms with Gasteiger partial charge in [-0.2, -0.15) is 0 Å². The van der Waals surface area contributed by atoms with Crippen LogP contribution in [-0.4, -0.2) is 39.0 Å². The highest BCUT2D eigenvalue weighted by Crippen LogP contribution is 2.12. The summed E-state index contributed by atoms with van der Waals surface area (Å²) in [6.07, 6.45) is -0.370. The number of esters is 1. The molecule has 0 N–H and O–H groups in total. The zero-order valence-electron chi connectivity index (χ0n) is 12.3. The summed E-state index contributed by atoms with van der Waals surface area (Å²) in [6.45, 7) is 4.96. The van der Waals surface area contributed by atoms with Gasteiger partial charge in [-0.25, -0.2) is 0 Å². The number of ether oxygens (including phenoxy) is 4. The largest absolute Gasteiger partial charge is 0.497 e. The van der Waals surface area contributed by atoms with Gasteiger partial charge in [0.25, 0.3) is 0 Å². The Morgan fingerprint density at radius 1 is 1.15 bits per heavy atom. The standard InChI is InChI=1S/C15H22O5/c1-4-18-10-15(20-12(2)16)11-19-9-13-5-7-14(17-3)8-6-13/h5-8,15H,4,9-11H2,1-3H3. The number of carbonyl (C=O) groups is 1. The maximum atomic E-state index is 11.0. The van der Waals surface area contributed by atoms with E-state index in [0.717, 1.165) is 11.3 Å². The molecule has 0 aliphatic heterocycles. The van der Waals surface area contributed by atoms with Crippen molar-refractivity contribution in [2.45, 2.75) is 26.6 Å². The average Bonchev–Trinajstić information content (AvgIpc) is 2.44. The van der Waals surface area contributed by atoms with E-state index in [0.29, 0.717) is 26.4 Å². The van der Waals surface area contributed by atoms with Crippen LogP contribution < -0.4 is 4.74 Å².